The molecule has 116 valence electrons. The molecule has 3 N–H and O–H groups in total. The van der Waals surface area contributed by atoms with Crippen LogP contribution in [-0.4, -0.2) is 64.0 Å². The molecule has 0 radical (unpaired) electrons. The Morgan fingerprint density at radius 1 is 1.35 bits per heavy atom. The Balaban J connectivity index is 0.000000347. The van der Waals surface area contributed by atoms with E-state index in [0.717, 1.165) is 4.90 Å². The van der Waals surface area contributed by atoms with Gasteiger partial charge in [0.25, 0.3) is 0 Å². The molecule has 10 nitrogen and oxygen atoms in total. The summed E-state index contributed by atoms with van der Waals surface area (Å²) in [6, 6.07) is -1.26. The summed E-state index contributed by atoms with van der Waals surface area (Å²) in [5.41, 5.74) is 0. The minimum Gasteiger partial charge on any atom is -0.480 e. The predicted octanol–water partition coefficient (Wildman–Crippen LogP) is -1.45. The van der Waals surface area contributed by atoms with Crippen molar-refractivity contribution < 1.29 is 40.6 Å². The number of rotatable bonds is 1. The van der Waals surface area contributed by atoms with Gasteiger partial charge in [0.05, 0.1) is 11.2 Å². The van der Waals surface area contributed by atoms with Crippen molar-refractivity contribution in [2.24, 2.45) is 0 Å². The first-order valence-corrected chi connectivity index (χ1v) is 8.13. The maximum absolute atomic E-state index is 11.9. The summed E-state index contributed by atoms with van der Waals surface area (Å²) in [5, 5.41) is 8.03. The zero-order chi connectivity index (χ0) is 16.1. The molecule has 2 aliphatic rings. The molecular weight excluding hydrogens is 318 g/mol. The fourth-order valence-corrected chi connectivity index (χ4v) is 4.36. The van der Waals surface area contributed by atoms with Crippen LogP contribution in [0.1, 0.15) is 20.3 Å². The molecule has 2 aliphatic heterocycles. The molecule has 20 heavy (non-hydrogen) atoms. The van der Waals surface area contributed by atoms with Crippen molar-refractivity contribution in [2.45, 2.75) is 36.4 Å². The van der Waals surface area contributed by atoms with E-state index >= 15 is 0 Å². The molecule has 2 fully saturated rings. The van der Waals surface area contributed by atoms with Crippen molar-refractivity contribution >= 4 is 32.1 Å². The molecule has 0 aromatic heterocycles. The molecule has 0 spiro atoms. The number of hydrogen-bond acceptors (Lipinski definition) is 6. The molecule has 0 bridgehead atoms. The third kappa shape index (κ3) is 2.63. The Kier molecular flexibility index (Phi) is 3.91. The van der Waals surface area contributed by atoms with Crippen molar-refractivity contribution in [1.82, 2.24) is 4.90 Å². The average molecular weight is 331 g/mol. The fourth-order valence-electron chi connectivity index (χ4n) is 2.23. The number of carboxylic acids is 1. The highest BCUT2D eigenvalue weighted by Crippen LogP contribution is 2.45. The van der Waals surface area contributed by atoms with Gasteiger partial charge in [0, 0.05) is 0 Å². The molecule has 2 rings (SSSR count). The van der Waals surface area contributed by atoms with E-state index in [4.69, 9.17) is 22.6 Å². The molecule has 2 saturated heterocycles. The molecule has 2 heterocycles. The topological polar surface area (TPSA) is 166 Å². The van der Waals surface area contributed by atoms with Crippen LogP contribution >= 0.6 is 0 Å². The number of carbonyl (C=O) groups excluding carboxylic acids is 1. The Morgan fingerprint density at radius 3 is 2.00 bits per heavy atom. The molecule has 0 aliphatic carbocycles. The molecule has 12 heteroatoms. The monoisotopic (exact) mass is 331 g/mol. The second-order valence-electron chi connectivity index (χ2n) is 4.80. The summed E-state index contributed by atoms with van der Waals surface area (Å²) in [4.78, 5) is 23.2. The van der Waals surface area contributed by atoms with E-state index in [9.17, 15) is 18.0 Å². The van der Waals surface area contributed by atoms with E-state index < -0.39 is 48.3 Å². The minimum absolute atomic E-state index is 0.0878. The van der Waals surface area contributed by atoms with Crippen LogP contribution in [-0.2, 0) is 29.8 Å². The maximum atomic E-state index is 11.9. The van der Waals surface area contributed by atoms with Crippen molar-refractivity contribution in [3.05, 3.63) is 0 Å². The van der Waals surface area contributed by atoms with Crippen LogP contribution in [0.5, 0.6) is 0 Å². The largest absolute Gasteiger partial charge is 0.480 e. The lowest BCUT2D eigenvalue weighted by Crippen LogP contribution is -2.57. The number of sulfone groups is 1. The molecule has 0 unspecified atom stereocenters. The van der Waals surface area contributed by atoms with E-state index in [1.165, 1.54) is 13.8 Å². The van der Waals surface area contributed by atoms with Crippen molar-refractivity contribution in [1.29, 1.82) is 0 Å². The minimum atomic E-state index is -4.67. The molecule has 0 saturated carbocycles. The summed E-state index contributed by atoms with van der Waals surface area (Å²) in [5.74, 6) is -1.67. The van der Waals surface area contributed by atoms with Crippen LogP contribution in [0.4, 0.5) is 0 Å². The summed E-state index contributed by atoms with van der Waals surface area (Å²) < 4.78 is 53.9. The second-order valence-corrected chi connectivity index (χ2v) is 8.38. The summed E-state index contributed by atoms with van der Waals surface area (Å²) >= 11 is 0. The number of β-lactam (4-membered cyclic amide) rings is 1. The molecular formula is C8H13NO9S2. The number of carboxylic acid groups (broad SMARTS) is 1. The molecule has 1 amide bonds. The van der Waals surface area contributed by atoms with E-state index in [0.29, 0.717) is 0 Å². The maximum Gasteiger partial charge on any atom is 0.394 e. The number of carbonyl (C=O) groups is 2. The van der Waals surface area contributed by atoms with E-state index in [-0.39, 0.29) is 6.42 Å². The van der Waals surface area contributed by atoms with Gasteiger partial charge in [0.1, 0.15) is 11.4 Å². The lowest BCUT2D eigenvalue weighted by atomic mass is 9.98. The zero-order valence-electron chi connectivity index (χ0n) is 10.4. The Morgan fingerprint density at radius 2 is 1.75 bits per heavy atom. The Bertz CT molecular complexity index is 639. The normalized spacial score (nSPS) is 29.8. The summed E-state index contributed by atoms with van der Waals surface area (Å²) in [6.07, 6.45) is -0.0878. The SMILES string of the molecule is CC1(C)[C@H](C(=O)O)N2C(=O)C[C@H]2S1(=O)=O.O=S(=O)(O)O. The fraction of sp³-hybridized carbons (Fsp3) is 0.750. The third-order valence-electron chi connectivity index (χ3n) is 3.21. The number of hydrogen-bond donors (Lipinski definition) is 3. The van der Waals surface area contributed by atoms with Gasteiger partial charge < -0.3 is 10.0 Å². The second kappa shape index (κ2) is 4.65. The van der Waals surface area contributed by atoms with Gasteiger partial charge in [-0.2, -0.15) is 8.42 Å². The highest BCUT2D eigenvalue weighted by Gasteiger charge is 2.67. The average Bonchev–Trinajstić information content (AvgIpc) is 2.29. The first kappa shape index (κ1) is 16.8. The van der Waals surface area contributed by atoms with Crippen molar-refractivity contribution in [3.8, 4) is 0 Å². The lowest BCUT2D eigenvalue weighted by molar-refractivity contribution is -0.157. The number of nitrogens with zero attached hydrogens (tertiary/aromatic N) is 1. The van der Waals surface area contributed by atoms with Gasteiger partial charge in [-0.25, -0.2) is 13.2 Å². The number of aliphatic carboxylic acids is 1. The highest BCUT2D eigenvalue weighted by atomic mass is 32.3. The molecule has 0 aromatic rings. The van der Waals surface area contributed by atoms with Crippen LogP contribution in [0.25, 0.3) is 0 Å². The van der Waals surface area contributed by atoms with Gasteiger partial charge >= 0.3 is 16.4 Å². The first-order chi connectivity index (χ1) is 8.71. The quantitative estimate of drug-likeness (QED) is 0.385. The Hall–Kier alpha value is -1.24. The highest BCUT2D eigenvalue weighted by molar-refractivity contribution is 7.93. The summed E-state index contributed by atoms with van der Waals surface area (Å²) in [6.45, 7) is 2.71. The van der Waals surface area contributed by atoms with Crippen LogP contribution in [0.2, 0.25) is 0 Å². The van der Waals surface area contributed by atoms with Crippen molar-refractivity contribution in [3.63, 3.8) is 0 Å². The lowest BCUT2D eigenvalue weighted by Gasteiger charge is -2.35. The molecule has 2 atom stereocenters. The van der Waals surface area contributed by atoms with Crippen LogP contribution in [0, 0.1) is 0 Å². The number of fused-ring (bicyclic) bond motifs is 1. The Labute approximate surface area is 114 Å². The van der Waals surface area contributed by atoms with Crippen LogP contribution in [0.15, 0.2) is 0 Å². The zero-order valence-corrected chi connectivity index (χ0v) is 12.0. The standard InChI is InChI=1S/C8H11NO5S.H2O4S/c1-8(2)6(7(11)12)9-4(10)3-5(9)15(8,13)14;1-5(2,3)4/h5-6H,3H2,1-2H3,(H,11,12);(H2,1,2,3,4)/t5-,6+;/m1./s1. The van der Waals surface area contributed by atoms with E-state index in [1.54, 1.807) is 0 Å². The van der Waals surface area contributed by atoms with Gasteiger partial charge in [-0.05, 0) is 13.8 Å². The van der Waals surface area contributed by atoms with Crippen LogP contribution < -0.4 is 0 Å². The van der Waals surface area contributed by atoms with Gasteiger partial charge in [0.2, 0.25) is 5.91 Å². The van der Waals surface area contributed by atoms with Crippen molar-refractivity contribution in [2.75, 3.05) is 0 Å². The van der Waals surface area contributed by atoms with Gasteiger partial charge in [0.15, 0.2) is 9.84 Å². The van der Waals surface area contributed by atoms with Gasteiger partial charge in [-0.15, -0.1) is 0 Å². The van der Waals surface area contributed by atoms with Crippen LogP contribution in [0.3, 0.4) is 0 Å². The number of amides is 1. The smallest absolute Gasteiger partial charge is 0.394 e. The van der Waals surface area contributed by atoms with Gasteiger partial charge in [-0.1, -0.05) is 0 Å². The first-order valence-electron chi connectivity index (χ1n) is 5.18. The van der Waals surface area contributed by atoms with E-state index in [1.807, 2.05) is 0 Å². The van der Waals surface area contributed by atoms with Gasteiger partial charge in [-0.3, -0.25) is 13.9 Å². The summed E-state index contributed by atoms with van der Waals surface area (Å²) in [7, 11) is -8.24. The molecule has 0 aromatic carbocycles. The third-order valence-corrected chi connectivity index (χ3v) is 6.01. The predicted molar refractivity (Wildman–Crippen MR) is 63.9 cm³/mol. The van der Waals surface area contributed by atoms with E-state index in [2.05, 4.69) is 0 Å².